The number of nitrogens with one attached hydrogen (secondary N) is 1. The number of ether oxygens (including phenoxy) is 2. The van der Waals surface area contributed by atoms with Gasteiger partial charge in [-0.15, -0.1) is 0 Å². The molecular weight excluding hydrogens is 374 g/mol. The number of benzene rings is 3. The normalized spacial score (nSPS) is 11.1. The van der Waals surface area contributed by atoms with Crippen LogP contribution in [0, 0.1) is 6.92 Å². The van der Waals surface area contributed by atoms with Crippen LogP contribution < -0.4 is 14.8 Å². The Morgan fingerprint density at radius 3 is 2.20 bits per heavy atom. The summed E-state index contributed by atoms with van der Waals surface area (Å²) in [6, 6.07) is 21.2. The summed E-state index contributed by atoms with van der Waals surface area (Å²) in [4.78, 5) is 12.7. The second-order valence-corrected chi connectivity index (χ2v) is 8.41. The predicted molar refractivity (Wildman–Crippen MR) is 122 cm³/mol. The maximum Gasteiger partial charge on any atom is 0.255 e. The molecule has 0 heterocycles. The number of hydrogen-bond donors (Lipinski definition) is 1. The molecule has 0 atom stereocenters. The molecule has 0 saturated carbocycles. The van der Waals surface area contributed by atoms with E-state index in [9.17, 15) is 4.79 Å². The monoisotopic (exact) mass is 403 g/mol. The summed E-state index contributed by atoms with van der Waals surface area (Å²) < 4.78 is 11.4. The number of rotatable bonds is 6. The molecule has 4 nitrogen and oxygen atoms in total. The molecule has 0 aromatic heterocycles. The largest absolute Gasteiger partial charge is 0.496 e. The van der Waals surface area contributed by atoms with Crippen molar-refractivity contribution in [2.45, 2.75) is 39.7 Å². The zero-order chi connectivity index (χ0) is 21.7. The van der Waals surface area contributed by atoms with Crippen LogP contribution in [0.3, 0.4) is 0 Å². The minimum atomic E-state index is -0.169. The zero-order valence-corrected chi connectivity index (χ0v) is 18.3. The number of hydrogen-bond acceptors (Lipinski definition) is 3. The molecule has 156 valence electrons. The lowest BCUT2D eigenvalue weighted by Crippen LogP contribution is -2.13. The molecule has 30 heavy (non-hydrogen) atoms. The fraction of sp³-hybridized carbons (Fsp3) is 0.269. The van der Waals surface area contributed by atoms with E-state index >= 15 is 0 Å². The summed E-state index contributed by atoms with van der Waals surface area (Å²) in [5.41, 5.74) is 4.63. The van der Waals surface area contributed by atoms with Crippen LogP contribution in [-0.4, -0.2) is 13.0 Å². The first kappa shape index (κ1) is 21.4. The van der Waals surface area contributed by atoms with Crippen LogP contribution in [0.15, 0.2) is 66.7 Å². The van der Waals surface area contributed by atoms with Crippen molar-refractivity contribution >= 4 is 11.6 Å². The third-order valence-electron chi connectivity index (χ3n) is 4.97. The van der Waals surface area contributed by atoms with E-state index in [4.69, 9.17) is 9.47 Å². The molecule has 3 aromatic rings. The SMILES string of the molecule is COc1ccc(C(=O)Nc2ccc(C)cc2)cc1COc1ccc(C(C)(C)C)cc1. The summed E-state index contributed by atoms with van der Waals surface area (Å²) in [7, 11) is 1.61. The van der Waals surface area contributed by atoms with E-state index in [-0.39, 0.29) is 11.3 Å². The highest BCUT2D eigenvalue weighted by Crippen LogP contribution is 2.26. The van der Waals surface area contributed by atoms with Gasteiger partial charge in [0.2, 0.25) is 0 Å². The van der Waals surface area contributed by atoms with Crippen molar-refractivity contribution < 1.29 is 14.3 Å². The van der Waals surface area contributed by atoms with E-state index in [0.29, 0.717) is 17.9 Å². The number of amides is 1. The fourth-order valence-corrected chi connectivity index (χ4v) is 3.09. The molecule has 3 rings (SSSR count). The maximum atomic E-state index is 12.7. The number of carbonyl (C=O) groups excluding carboxylic acids is 1. The molecule has 0 aliphatic heterocycles. The molecule has 0 unspecified atom stereocenters. The highest BCUT2D eigenvalue weighted by atomic mass is 16.5. The lowest BCUT2D eigenvalue weighted by Gasteiger charge is -2.19. The van der Waals surface area contributed by atoms with Crippen molar-refractivity contribution in [1.82, 2.24) is 0 Å². The lowest BCUT2D eigenvalue weighted by molar-refractivity contribution is 0.102. The maximum absolute atomic E-state index is 12.7. The Morgan fingerprint density at radius 2 is 1.60 bits per heavy atom. The van der Waals surface area contributed by atoms with E-state index in [1.54, 1.807) is 19.2 Å². The Labute approximate surface area is 178 Å². The molecule has 0 bridgehead atoms. The van der Waals surface area contributed by atoms with Crippen LogP contribution in [0.25, 0.3) is 0 Å². The molecule has 1 N–H and O–H groups in total. The summed E-state index contributed by atoms with van der Waals surface area (Å²) in [6.07, 6.45) is 0. The van der Waals surface area contributed by atoms with Crippen LogP contribution in [-0.2, 0) is 12.0 Å². The Bertz CT molecular complexity index is 1000. The summed E-state index contributed by atoms with van der Waals surface area (Å²) in [5.74, 6) is 1.30. The summed E-state index contributed by atoms with van der Waals surface area (Å²) >= 11 is 0. The van der Waals surface area contributed by atoms with Gasteiger partial charge in [0, 0.05) is 16.8 Å². The Balaban J connectivity index is 1.72. The van der Waals surface area contributed by atoms with Gasteiger partial charge in [0.05, 0.1) is 7.11 Å². The fourth-order valence-electron chi connectivity index (χ4n) is 3.09. The van der Waals surface area contributed by atoms with Gasteiger partial charge < -0.3 is 14.8 Å². The van der Waals surface area contributed by atoms with Crippen molar-refractivity contribution in [3.63, 3.8) is 0 Å². The second-order valence-electron chi connectivity index (χ2n) is 8.41. The first-order chi connectivity index (χ1) is 14.3. The van der Waals surface area contributed by atoms with Crippen molar-refractivity contribution in [2.75, 3.05) is 12.4 Å². The zero-order valence-electron chi connectivity index (χ0n) is 18.3. The Kier molecular flexibility index (Phi) is 6.46. The van der Waals surface area contributed by atoms with Crippen molar-refractivity contribution in [3.8, 4) is 11.5 Å². The quantitative estimate of drug-likeness (QED) is 0.538. The molecule has 0 fully saturated rings. The first-order valence-electron chi connectivity index (χ1n) is 10.0. The highest BCUT2D eigenvalue weighted by Gasteiger charge is 2.14. The number of aryl methyl sites for hydroxylation is 1. The van der Waals surface area contributed by atoms with Crippen LogP contribution in [0.1, 0.15) is 47.8 Å². The third-order valence-corrected chi connectivity index (χ3v) is 4.97. The number of carbonyl (C=O) groups is 1. The first-order valence-corrected chi connectivity index (χ1v) is 10.0. The average molecular weight is 404 g/mol. The summed E-state index contributed by atoms with van der Waals surface area (Å²) in [6.45, 7) is 8.87. The van der Waals surface area contributed by atoms with Gasteiger partial charge in [-0.1, -0.05) is 50.6 Å². The van der Waals surface area contributed by atoms with Gasteiger partial charge in [-0.05, 0) is 60.4 Å². The van der Waals surface area contributed by atoms with E-state index in [0.717, 1.165) is 22.6 Å². The molecule has 0 saturated heterocycles. The van der Waals surface area contributed by atoms with Crippen molar-refractivity contribution in [1.29, 1.82) is 0 Å². The predicted octanol–water partition coefficient (Wildman–Crippen LogP) is 6.13. The Hall–Kier alpha value is -3.27. The van der Waals surface area contributed by atoms with Crippen LogP contribution in [0.2, 0.25) is 0 Å². The standard InChI is InChI=1S/C26H29NO3/c1-18-6-11-22(12-7-18)27-25(28)19-8-15-24(29-5)20(16-19)17-30-23-13-9-21(10-14-23)26(2,3)4/h6-16H,17H2,1-5H3,(H,27,28). The highest BCUT2D eigenvalue weighted by molar-refractivity contribution is 6.04. The topological polar surface area (TPSA) is 47.6 Å². The number of anilines is 1. The third kappa shape index (κ3) is 5.41. The molecule has 3 aromatic carbocycles. The number of methoxy groups -OCH3 is 1. The van der Waals surface area contributed by atoms with Gasteiger partial charge in [-0.25, -0.2) is 0 Å². The smallest absolute Gasteiger partial charge is 0.255 e. The molecule has 0 radical (unpaired) electrons. The van der Waals surface area contributed by atoms with Gasteiger partial charge >= 0.3 is 0 Å². The molecular formula is C26H29NO3. The van der Waals surface area contributed by atoms with Crippen molar-refractivity contribution in [3.05, 3.63) is 89.0 Å². The molecule has 0 aliphatic carbocycles. The van der Waals surface area contributed by atoms with Gasteiger partial charge in [-0.3, -0.25) is 4.79 Å². The van der Waals surface area contributed by atoms with E-state index < -0.39 is 0 Å². The molecule has 1 amide bonds. The minimum absolute atomic E-state index is 0.0981. The van der Waals surface area contributed by atoms with Gasteiger partial charge in [0.1, 0.15) is 18.1 Å². The van der Waals surface area contributed by atoms with Crippen LogP contribution >= 0.6 is 0 Å². The minimum Gasteiger partial charge on any atom is -0.496 e. The van der Waals surface area contributed by atoms with Gasteiger partial charge in [0.15, 0.2) is 0 Å². The van der Waals surface area contributed by atoms with E-state index in [2.05, 4.69) is 38.2 Å². The van der Waals surface area contributed by atoms with Crippen LogP contribution in [0.4, 0.5) is 5.69 Å². The van der Waals surface area contributed by atoms with E-state index in [1.807, 2.05) is 49.4 Å². The molecule has 0 aliphatic rings. The summed E-state index contributed by atoms with van der Waals surface area (Å²) in [5, 5.41) is 2.92. The second kappa shape index (κ2) is 9.04. The lowest BCUT2D eigenvalue weighted by atomic mass is 9.87. The average Bonchev–Trinajstić information content (AvgIpc) is 2.73. The molecule has 0 spiro atoms. The van der Waals surface area contributed by atoms with Crippen LogP contribution in [0.5, 0.6) is 11.5 Å². The van der Waals surface area contributed by atoms with Gasteiger partial charge in [0.25, 0.3) is 5.91 Å². The van der Waals surface area contributed by atoms with Gasteiger partial charge in [-0.2, -0.15) is 0 Å². The molecule has 4 heteroatoms. The Morgan fingerprint density at radius 1 is 0.933 bits per heavy atom. The van der Waals surface area contributed by atoms with E-state index in [1.165, 1.54) is 5.56 Å². The van der Waals surface area contributed by atoms with Crippen molar-refractivity contribution in [2.24, 2.45) is 0 Å².